The van der Waals surface area contributed by atoms with Crippen LogP contribution in [0, 0.1) is 0 Å². The molecule has 4 heteroatoms. The number of rotatable bonds is 2. The van der Waals surface area contributed by atoms with Crippen LogP contribution in [0.2, 0.25) is 0 Å². The maximum Gasteiger partial charge on any atom is 0.243 e. The molecule has 19 heavy (non-hydrogen) atoms. The third kappa shape index (κ3) is 3.35. The smallest absolute Gasteiger partial charge is 0.243 e. The quantitative estimate of drug-likeness (QED) is 0.826. The van der Waals surface area contributed by atoms with E-state index in [1.54, 1.807) is 0 Å². The number of nitrogens with zero attached hydrogens (tertiary/aromatic N) is 2. The Morgan fingerprint density at radius 2 is 1.63 bits per heavy atom. The Morgan fingerprint density at radius 3 is 2.47 bits per heavy atom. The molecule has 1 saturated carbocycles. The molecule has 0 amide bonds. The van der Waals surface area contributed by atoms with Gasteiger partial charge >= 0.3 is 0 Å². The first-order valence-corrected chi connectivity index (χ1v) is 8.00. The molecule has 0 bridgehead atoms. The van der Waals surface area contributed by atoms with Crippen molar-refractivity contribution in [2.75, 3.05) is 6.54 Å². The lowest BCUT2D eigenvalue weighted by Gasteiger charge is -2.10. The molecule has 2 fully saturated rings. The fourth-order valence-corrected chi connectivity index (χ4v) is 3.33. The Labute approximate surface area is 115 Å². The third-order valence-electron chi connectivity index (χ3n) is 4.54. The molecule has 3 rings (SSSR count). The van der Waals surface area contributed by atoms with Gasteiger partial charge in [0, 0.05) is 5.92 Å². The first-order valence-electron chi connectivity index (χ1n) is 8.00. The lowest BCUT2D eigenvalue weighted by molar-refractivity contribution is 0.322. The van der Waals surface area contributed by atoms with Gasteiger partial charge in [-0.15, -0.1) is 0 Å². The van der Waals surface area contributed by atoms with Gasteiger partial charge in [0.15, 0.2) is 5.82 Å². The first kappa shape index (κ1) is 13.1. The Hall–Kier alpha value is -0.900. The Morgan fingerprint density at radius 1 is 0.895 bits per heavy atom. The highest BCUT2D eigenvalue weighted by molar-refractivity contribution is 4.99. The molecule has 1 saturated heterocycles. The normalized spacial score (nSPS) is 26.8. The van der Waals surface area contributed by atoms with Gasteiger partial charge in [-0.2, -0.15) is 4.98 Å². The van der Waals surface area contributed by atoms with E-state index in [1.165, 1.54) is 57.8 Å². The minimum atomic E-state index is 0.287. The van der Waals surface area contributed by atoms with Gasteiger partial charge in [-0.05, 0) is 32.2 Å². The number of hydrogen-bond acceptors (Lipinski definition) is 4. The predicted molar refractivity (Wildman–Crippen MR) is 74.0 cm³/mol. The van der Waals surface area contributed by atoms with Crippen molar-refractivity contribution in [2.24, 2.45) is 0 Å². The standard InChI is InChI=1S/C15H25N3O/c1-2-5-9-12(8-4-1)14-17-15(19-18-14)13-10-6-3-7-11-16-13/h12-13,16H,1-11H2. The maximum atomic E-state index is 5.53. The number of hydrogen-bond donors (Lipinski definition) is 1. The van der Waals surface area contributed by atoms with Gasteiger partial charge in [-0.25, -0.2) is 0 Å². The second-order valence-electron chi connectivity index (χ2n) is 6.04. The molecule has 0 spiro atoms. The van der Waals surface area contributed by atoms with Gasteiger partial charge in [-0.1, -0.05) is 43.7 Å². The summed E-state index contributed by atoms with van der Waals surface area (Å²) in [5, 5.41) is 7.79. The highest BCUT2D eigenvalue weighted by Gasteiger charge is 2.24. The van der Waals surface area contributed by atoms with Crippen molar-refractivity contribution in [1.82, 2.24) is 15.5 Å². The van der Waals surface area contributed by atoms with Crippen LogP contribution in [0.4, 0.5) is 0 Å². The van der Waals surface area contributed by atoms with E-state index in [4.69, 9.17) is 9.51 Å². The fourth-order valence-electron chi connectivity index (χ4n) is 3.33. The topological polar surface area (TPSA) is 51.0 Å². The van der Waals surface area contributed by atoms with Crippen molar-refractivity contribution in [3.63, 3.8) is 0 Å². The molecule has 1 aliphatic carbocycles. The summed E-state index contributed by atoms with van der Waals surface area (Å²) in [5.41, 5.74) is 0. The Balaban J connectivity index is 1.67. The summed E-state index contributed by atoms with van der Waals surface area (Å²) in [7, 11) is 0. The van der Waals surface area contributed by atoms with Crippen molar-refractivity contribution in [1.29, 1.82) is 0 Å². The van der Waals surface area contributed by atoms with E-state index in [1.807, 2.05) is 0 Å². The average Bonchev–Trinajstić information content (AvgIpc) is 2.67. The van der Waals surface area contributed by atoms with Crippen LogP contribution in [0.25, 0.3) is 0 Å². The minimum Gasteiger partial charge on any atom is -0.338 e. The lowest BCUT2D eigenvalue weighted by Crippen LogP contribution is -2.20. The van der Waals surface area contributed by atoms with Crippen molar-refractivity contribution in [3.05, 3.63) is 11.7 Å². The van der Waals surface area contributed by atoms with Gasteiger partial charge in [-0.3, -0.25) is 0 Å². The molecular formula is C15H25N3O. The molecule has 2 heterocycles. The molecule has 1 aliphatic heterocycles. The van der Waals surface area contributed by atoms with Gasteiger partial charge < -0.3 is 9.84 Å². The van der Waals surface area contributed by atoms with Crippen LogP contribution >= 0.6 is 0 Å². The SMILES string of the molecule is C1CCCC(c2noc(C3CCCCCN3)n2)CC1. The molecular weight excluding hydrogens is 238 g/mol. The van der Waals surface area contributed by atoms with Crippen molar-refractivity contribution in [2.45, 2.75) is 76.2 Å². The summed E-state index contributed by atoms with van der Waals surface area (Å²) in [6.45, 7) is 1.08. The van der Waals surface area contributed by atoms with Crippen LogP contribution < -0.4 is 5.32 Å². The van der Waals surface area contributed by atoms with Crippen LogP contribution in [-0.2, 0) is 0 Å². The second kappa shape index (κ2) is 6.51. The van der Waals surface area contributed by atoms with Gasteiger partial charge in [0.05, 0.1) is 6.04 Å². The van der Waals surface area contributed by atoms with Crippen molar-refractivity contribution < 1.29 is 4.52 Å². The van der Waals surface area contributed by atoms with Crippen LogP contribution in [0.1, 0.15) is 87.9 Å². The largest absolute Gasteiger partial charge is 0.338 e. The summed E-state index contributed by atoms with van der Waals surface area (Å²) in [4.78, 5) is 4.70. The van der Waals surface area contributed by atoms with Crippen LogP contribution in [0.3, 0.4) is 0 Å². The van der Waals surface area contributed by atoms with E-state index in [0.29, 0.717) is 5.92 Å². The third-order valence-corrected chi connectivity index (χ3v) is 4.54. The van der Waals surface area contributed by atoms with E-state index in [-0.39, 0.29) is 6.04 Å². The monoisotopic (exact) mass is 263 g/mol. The van der Waals surface area contributed by atoms with Gasteiger partial charge in [0.2, 0.25) is 5.89 Å². The zero-order chi connectivity index (χ0) is 12.9. The summed E-state index contributed by atoms with van der Waals surface area (Å²) >= 11 is 0. The van der Waals surface area contributed by atoms with E-state index in [2.05, 4.69) is 10.5 Å². The van der Waals surface area contributed by atoms with E-state index < -0.39 is 0 Å². The molecule has 0 radical (unpaired) electrons. The highest BCUT2D eigenvalue weighted by atomic mass is 16.5. The summed E-state index contributed by atoms with van der Waals surface area (Å²) < 4.78 is 5.53. The Bertz CT molecular complexity index is 340. The summed E-state index contributed by atoms with van der Waals surface area (Å²) in [5.74, 6) is 2.31. The molecule has 0 aromatic carbocycles. The molecule has 1 N–H and O–H groups in total. The predicted octanol–water partition coefficient (Wildman–Crippen LogP) is 3.71. The molecule has 106 valence electrons. The van der Waals surface area contributed by atoms with Gasteiger partial charge in [0.25, 0.3) is 0 Å². The molecule has 1 aromatic rings. The second-order valence-corrected chi connectivity index (χ2v) is 6.04. The molecule has 4 nitrogen and oxygen atoms in total. The molecule has 2 aliphatic rings. The number of aromatic nitrogens is 2. The van der Waals surface area contributed by atoms with Crippen molar-refractivity contribution >= 4 is 0 Å². The van der Waals surface area contributed by atoms with Crippen LogP contribution in [-0.4, -0.2) is 16.7 Å². The van der Waals surface area contributed by atoms with Gasteiger partial charge in [0.1, 0.15) is 0 Å². The van der Waals surface area contributed by atoms with Crippen LogP contribution in [0.5, 0.6) is 0 Å². The van der Waals surface area contributed by atoms with E-state index in [9.17, 15) is 0 Å². The summed E-state index contributed by atoms with van der Waals surface area (Å²) in [6.07, 6.45) is 12.8. The fraction of sp³-hybridized carbons (Fsp3) is 0.867. The lowest BCUT2D eigenvalue weighted by atomic mass is 10.00. The zero-order valence-corrected chi connectivity index (χ0v) is 11.7. The van der Waals surface area contributed by atoms with Crippen molar-refractivity contribution in [3.8, 4) is 0 Å². The molecule has 1 atom stereocenters. The maximum absolute atomic E-state index is 5.53. The highest BCUT2D eigenvalue weighted by Crippen LogP contribution is 2.31. The molecule has 1 unspecified atom stereocenters. The minimum absolute atomic E-state index is 0.287. The number of nitrogens with one attached hydrogen (secondary N) is 1. The Kier molecular flexibility index (Phi) is 4.49. The molecule has 1 aromatic heterocycles. The first-order chi connectivity index (χ1) is 9.43. The summed E-state index contributed by atoms with van der Waals surface area (Å²) in [6, 6.07) is 0.287. The van der Waals surface area contributed by atoms with Crippen LogP contribution in [0.15, 0.2) is 4.52 Å². The average molecular weight is 263 g/mol. The zero-order valence-electron chi connectivity index (χ0n) is 11.7. The van der Waals surface area contributed by atoms with E-state index in [0.717, 1.165) is 24.7 Å². The van der Waals surface area contributed by atoms with E-state index >= 15 is 0 Å².